The second-order valence-corrected chi connectivity index (χ2v) is 6.13. The number of hydrogen-bond acceptors (Lipinski definition) is 3. The molecule has 1 unspecified atom stereocenters. The molecular formula is C16H9BrF3N3O. The minimum Gasteiger partial charge on any atom is -0.356 e. The zero-order valence-corrected chi connectivity index (χ0v) is 13.5. The maximum atomic E-state index is 12.8. The molecule has 0 aromatic heterocycles. The number of alkyl halides is 3. The van der Waals surface area contributed by atoms with Crippen molar-refractivity contribution in [1.82, 2.24) is 0 Å². The SMILES string of the molecule is N#CC1(Nc2cccc(C(F)(F)F)c2)C(=O)Nc2ccc(Br)cc21. The molecule has 1 atom stereocenters. The Morgan fingerprint density at radius 1 is 1.21 bits per heavy atom. The molecule has 0 radical (unpaired) electrons. The van der Waals surface area contributed by atoms with E-state index in [9.17, 15) is 23.2 Å². The van der Waals surface area contributed by atoms with Crippen molar-refractivity contribution in [2.24, 2.45) is 0 Å². The molecule has 2 aromatic carbocycles. The number of nitrogens with zero attached hydrogens (tertiary/aromatic N) is 1. The number of anilines is 2. The van der Waals surface area contributed by atoms with E-state index in [2.05, 4.69) is 26.6 Å². The number of benzene rings is 2. The van der Waals surface area contributed by atoms with Crippen LogP contribution in [-0.2, 0) is 16.5 Å². The number of nitriles is 1. The average molecular weight is 396 g/mol. The number of halogens is 4. The maximum Gasteiger partial charge on any atom is 0.416 e. The van der Waals surface area contributed by atoms with E-state index in [1.807, 2.05) is 6.07 Å². The Bertz CT molecular complexity index is 876. The van der Waals surface area contributed by atoms with Crippen LogP contribution in [0.1, 0.15) is 11.1 Å². The van der Waals surface area contributed by atoms with Crippen LogP contribution in [0, 0.1) is 11.3 Å². The predicted molar refractivity (Wildman–Crippen MR) is 85.1 cm³/mol. The molecule has 4 nitrogen and oxygen atoms in total. The second-order valence-electron chi connectivity index (χ2n) is 5.21. The van der Waals surface area contributed by atoms with Gasteiger partial charge in [0.15, 0.2) is 0 Å². The smallest absolute Gasteiger partial charge is 0.356 e. The molecule has 0 saturated heterocycles. The van der Waals surface area contributed by atoms with Crippen LogP contribution in [0.5, 0.6) is 0 Å². The highest BCUT2D eigenvalue weighted by molar-refractivity contribution is 9.10. The molecule has 8 heteroatoms. The Morgan fingerprint density at radius 2 is 1.96 bits per heavy atom. The zero-order chi connectivity index (χ0) is 17.5. The van der Waals surface area contributed by atoms with Crippen LogP contribution in [0.25, 0.3) is 0 Å². The number of nitrogens with one attached hydrogen (secondary N) is 2. The van der Waals surface area contributed by atoms with Gasteiger partial charge in [0.05, 0.1) is 5.56 Å². The van der Waals surface area contributed by atoms with Gasteiger partial charge in [-0.1, -0.05) is 22.0 Å². The van der Waals surface area contributed by atoms with Gasteiger partial charge in [-0.3, -0.25) is 4.79 Å². The van der Waals surface area contributed by atoms with Crippen molar-refractivity contribution in [3.05, 3.63) is 58.1 Å². The molecule has 2 N–H and O–H groups in total. The summed E-state index contributed by atoms with van der Waals surface area (Å²) in [6, 6.07) is 11.1. The van der Waals surface area contributed by atoms with E-state index in [0.717, 1.165) is 12.1 Å². The summed E-state index contributed by atoms with van der Waals surface area (Å²) in [7, 11) is 0. The van der Waals surface area contributed by atoms with Gasteiger partial charge in [-0.15, -0.1) is 0 Å². The Labute approximate surface area is 143 Å². The number of carbonyl (C=O) groups excluding carboxylic acids is 1. The van der Waals surface area contributed by atoms with Crippen LogP contribution in [0.2, 0.25) is 0 Å². The molecule has 3 rings (SSSR count). The van der Waals surface area contributed by atoms with Crippen molar-refractivity contribution in [3.63, 3.8) is 0 Å². The molecule has 0 bridgehead atoms. The summed E-state index contributed by atoms with van der Waals surface area (Å²) >= 11 is 3.26. The predicted octanol–water partition coefficient (Wildman–Crippen LogP) is 4.25. The molecular weight excluding hydrogens is 387 g/mol. The molecule has 1 heterocycles. The lowest BCUT2D eigenvalue weighted by atomic mass is 9.92. The van der Waals surface area contributed by atoms with Crippen molar-refractivity contribution < 1.29 is 18.0 Å². The Morgan fingerprint density at radius 3 is 2.62 bits per heavy atom. The summed E-state index contributed by atoms with van der Waals surface area (Å²) in [5, 5.41) is 14.8. The topological polar surface area (TPSA) is 64.9 Å². The van der Waals surface area contributed by atoms with Gasteiger partial charge in [0.1, 0.15) is 6.07 Å². The average Bonchev–Trinajstić information content (AvgIpc) is 2.79. The van der Waals surface area contributed by atoms with E-state index in [4.69, 9.17) is 0 Å². The van der Waals surface area contributed by atoms with Gasteiger partial charge in [0.25, 0.3) is 5.91 Å². The largest absolute Gasteiger partial charge is 0.416 e. The summed E-state index contributed by atoms with van der Waals surface area (Å²) < 4.78 is 39.2. The summed E-state index contributed by atoms with van der Waals surface area (Å²) in [5.74, 6) is -0.643. The fourth-order valence-corrected chi connectivity index (χ4v) is 2.89. The standard InChI is InChI=1S/C16H9BrF3N3O/c17-10-4-5-13-12(7-10)15(8-21,14(24)22-13)23-11-3-1-2-9(6-11)16(18,19)20/h1-7,23H,(H,22,24). The summed E-state index contributed by atoms with van der Waals surface area (Å²) in [6.45, 7) is 0. The third-order valence-corrected chi connectivity index (χ3v) is 4.16. The quantitative estimate of drug-likeness (QED) is 0.798. The van der Waals surface area contributed by atoms with Gasteiger partial charge in [-0.25, -0.2) is 0 Å². The first-order valence-electron chi connectivity index (χ1n) is 6.74. The van der Waals surface area contributed by atoms with Gasteiger partial charge >= 0.3 is 6.18 Å². The van der Waals surface area contributed by atoms with E-state index in [1.54, 1.807) is 18.2 Å². The highest BCUT2D eigenvalue weighted by Gasteiger charge is 2.48. The van der Waals surface area contributed by atoms with Crippen LogP contribution in [0.3, 0.4) is 0 Å². The first kappa shape index (κ1) is 16.3. The molecule has 1 amide bonds. The van der Waals surface area contributed by atoms with Crippen molar-refractivity contribution in [3.8, 4) is 6.07 Å². The molecule has 0 fully saturated rings. The van der Waals surface area contributed by atoms with E-state index < -0.39 is 23.2 Å². The van der Waals surface area contributed by atoms with E-state index >= 15 is 0 Å². The van der Waals surface area contributed by atoms with Crippen molar-refractivity contribution >= 4 is 33.2 Å². The van der Waals surface area contributed by atoms with Gasteiger partial charge in [-0.2, -0.15) is 18.4 Å². The summed E-state index contributed by atoms with van der Waals surface area (Å²) in [4.78, 5) is 12.3. The number of hydrogen-bond donors (Lipinski definition) is 2. The fraction of sp³-hybridized carbons (Fsp3) is 0.125. The molecule has 1 aliphatic rings. The van der Waals surface area contributed by atoms with Crippen molar-refractivity contribution in [2.75, 3.05) is 10.6 Å². The second kappa shape index (κ2) is 5.53. The van der Waals surface area contributed by atoms with E-state index in [0.29, 0.717) is 15.7 Å². The highest BCUT2D eigenvalue weighted by atomic mass is 79.9. The van der Waals surface area contributed by atoms with Gasteiger partial charge in [-0.05, 0) is 36.4 Å². The lowest BCUT2D eigenvalue weighted by Gasteiger charge is -2.23. The highest BCUT2D eigenvalue weighted by Crippen LogP contribution is 2.40. The van der Waals surface area contributed by atoms with Crippen LogP contribution < -0.4 is 10.6 Å². The number of carbonyl (C=O) groups is 1. The molecule has 0 spiro atoms. The van der Waals surface area contributed by atoms with Crippen molar-refractivity contribution in [1.29, 1.82) is 5.26 Å². The number of amides is 1. The first-order valence-corrected chi connectivity index (χ1v) is 7.54. The van der Waals surface area contributed by atoms with Gasteiger partial charge in [0.2, 0.25) is 5.54 Å². The Balaban J connectivity index is 2.07. The first-order chi connectivity index (χ1) is 11.3. The summed E-state index contributed by atoms with van der Waals surface area (Å²) in [6.07, 6.45) is -4.52. The lowest BCUT2D eigenvalue weighted by molar-refractivity contribution is -0.137. The molecule has 0 aliphatic carbocycles. The molecule has 0 saturated carbocycles. The zero-order valence-electron chi connectivity index (χ0n) is 11.9. The molecule has 1 aliphatic heterocycles. The fourth-order valence-electron chi connectivity index (χ4n) is 2.53. The number of fused-ring (bicyclic) bond motifs is 1. The molecule has 24 heavy (non-hydrogen) atoms. The lowest BCUT2D eigenvalue weighted by Crippen LogP contribution is -2.40. The van der Waals surface area contributed by atoms with Gasteiger partial charge < -0.3 is 10.6 Å². The third-order valence-electron chi connectivity index (χ3n) is 3.66. The molecule has 2 aromatic rings. The Kier molecular flexibility index (Phi) is 3.76. The molecule has 122 valence electrons. The Hall–Kier alpha value is -2.53. The third kappa shape index (κ3) is 2.61. The monoisotopic (exact) mass is 395 g/mol. The minimum atomic E-state index is -4.52. The number of rotatable bonds is 2. The maximum absolute atomic E-state index is 12.8. The van der Waals surface area contributed by atoms with Gasteiger partial charge in [0, 0.05) is 21.4 Å². The van der Waals surface area contributed by atoms with E-state index in [-0.39, 0.29) is 5.69 Å². The van der Waals surface area contributed by atoms with E-state index in [1.165, 1.54) is 12.1 Å². The van der Waals surface area contributed by atoms with Crippen LogP contribution in [0.15, 0.2) is 46.9 Å². The summed E-state index contributed by atoms with van der Waals surface area (Å²) in [5.41, 5.74) is -1.86. The van der Waals surface area contributed by atoms with Crippen molar-refractivity contribution in [2.45, 2.75) is 11.7 Å². The van der Waals surface area contributed by atoms with Crippen LogP contribution >= 0.6 is 15.9 Å². The van der Waals surface area contributed by atoms with Crippen LogP contribution in [0.4, 0.5) is 24.5 Å². The van der Waals surface area contributed by atoms with Crippen LogP contribution in [-0.4, -0.2) is 5.91 Å². The minimum absolute atomic E-state index is 0.0225. The normalized spacial score (nSPS) is 19.4.